The zero-order valence-electron chi connectivity index (χ0n) is 27.5. The quantitative estimate of drug-likeness (QED) is 0.0456. The Morgan fingerprint density at radius 1 is 0.956 bits per heavy atom. The monoisotopic (exact) mass is 691 g/mol. The molecule has 0 saturated heterocycles. The molecule has 2 rings (SSSR count). The molecule has 15 heteroatoms. The van der Waals surface area contributed by atoms with Gasteiger partial charge in [-0.2, -0.15) is 0 Å². The average molecular weight is 692 g/mol. The zero-order valence-corrected chi connectivity index (χ0v) is 30.1. The maximum atomic E-state index is 13.5. The highest BCUT2D eigenvalue weighted by molar-refractivity contribution is 8.28. The molecule has 2 heterocycles. The number of ether oxygens (including phenoxy) is 3. The van der Waals surface area contributed by atoms with Gasteiger partial charge >= 0.3 is 13.8 Å². The van der Waals surface area contributed by atoms with Crippen LogP contribution in [0.3, 0.4) is 0 Å². The van der Waals surface area contributed by atoms with Crippen molar-refractivity contribution in [2.45, 2.75) is 123 Å². The van der Waals surface area contributed by atoms with Gasteiger partial charge in [0.15, 0.2) is 11.5 Å². The smallest absolute Gasteiger partial charge is 0.432 e. The summed E-state index contributed by atoms with van der Waals surface area (Å²) in [7, 11) is -4.08. The molecule has 2 unspecified atom stereocenters. The Morgan fingerprint density at radius 3 is 2.24 bits per heavy atom. The van der Waals surface area contributed by atoms with Crippen LogP contribution < -0.4 is 5.73 Å². The number of anilines is 1. The predicted molar refractivity (Wildman–Crippen MR) is 183 cm³/mol. The van der Waals surface area contributed by atoms with Crippen molar-refractivity contribution in [2.24, 2.45) is 0 Å². The van der Waals surface area contributed by atoms with Crippen molar-refractivity contribution in [1.82, 2.24) is 19.5 Å². The van der Waals surface area contributed by atoms with Gasteiger partial charge in [0.05, 0.1) is 31.7 Å². The molecule has 0 aromatic carbocycles. The fourth-order valence-electron chi connectivity index (χ4n) is 4.55. The molecule has 2 aromatic rings. The molecule has 3 atom stereocenters. The van der Waals surface area contributed by atoms with Crippen LogP contribution in [0.5, 0.6) is 0 Å². The maximum absolute atomic E-state index is 13.5. The van der Waals surface area contributed by atoms with Gasteiger partial charge in [0.25, 0.3) is 0 Å². The van der Waals surface area contributed by atoms with Crippen LogP contribution in [0.15, 0.2) is 12.7 Å². The lowest BCUT2D eigenvalue weighted by Gasteiger charge is -2.21. The molecule has 0 saturated carbocycles. The van der Waals surface area contributed by atoms with Crippen LogP contribution in [-0.4, -0.2) is 69.1 Å². The number of nitrogens with zero attached hydrogens (tertiary/aromatic N) is 4. The summed E-state index contributed by atoms with van der Waals surface area (Å²) in [5.74, 6) is 1.80. The molecule has 2 N–H and O–H groups in total. The predicted octanol–water partition coefficient (Wildman–Crippen LogP) is 7.30. The fourth-order valence-corrected chi connectivity index (χ4v) is 7.47. The first-order chi connectivity index (χ1) is 21.6. The van der Waals surface area contributed by atoms with Crippen LogP contribution in [0, 0.1) is 0 Å². The second kappa shape index (κ2) is 22.8. The second-order valence-electron chi connectivity index (χ2n) is 11.4. The minimum atomic E-state index is -3.79. The summed E-state index contributed by atoms with van der Waals surface area (Å²) in [5, 5.41) is 0. The molecule has 0 aliphatic heterocycles. The minimum absolute atomic E-state index is 0.151. The number of carbonyl (C=O) groups is 1. The molecule has 258 valence electrons. The van der Waals surface area contributed by atoms with Crippen molar-refractivity contribution in [3.05, 3.63) is 12.7 Å². The number of nitrogens with two attached hydrogens (primary N) is 1. The van der Waals surface area contributed by atoms with Crippen molar-refractivity contribution >= 4 is 51.4 Å². The summed E-state index contributed by atoms with van der Waals surface area (Å²) >= 11 is 5.66. The lowest BCUT2D eigenvalue weighted by Crippen LogP contribution is -2.20. The maximum Gasteiger partial charge on any atom is 0.510 e. The summed E-state index contributed by atoms with van der Waals surface area (Å²) in [6.45, 7) is 7.37. The Kier molecular flexibility index (Phi) is 20.0. The highest BCUT2D eigenvalue weighted by Crippen LogP contribution is 2.48. The van der Waals surface area contributed by atoms with Gasteiger partial charge in [-0.25, -0.2) is 19.7 Å². The van der Waals surface area contributed by atoms with E-state index in [0.717, 1.165) is 12.2 Å². The van der Waals surface area contributed by atoms with Gasteiger partial charge in [0.1, 0.15) is 18.2 Å². The summed E-state index contributed by atoms with van der Waals surface area (Å²) in [6.07, 6.45) is 16.5. The Bertz CT molecular complexity index is 1190. The molecular weight excluding hydrogens is 637 g/mol. The lowest BCUT2D eigenvalue weighted by atomic mass is 10.1. The number of aromatic nitrogens is 4. The van der Waals surface area contributed by atoms with E-state index in [0.29, 0.717) is 23.5 Å². The molecule has 12 nitrogen and oxygen atoms in total. The second-order valence-corrected chi connectivity index (χ2v) is 16.5. The molecular formula is C30H54N5O7PS2. The third-order valence-electron chi connectivity index (χ3n) is 6.98. The summed E-state index contributed by atoms with van der Waals surface area (Å²) in [4.78, 5) is 24.2. The highest BCUT2D eigenvalue weighted by Gasteiger charge is 2.28. The zero-order chi connectivity index (χ0) is 32.9. The molecule has 45 heavy (non-hydrogen) atoms. The number of fused-ring (bicyclic) bond motifs is 1. The standard InChI is InChI=1S/C30H54N5O7PS2/c1-5-6-7-8-9-10-11-12-13-14-15-16-18-45(44)19-17-40-43(37,41-23-38-30(36)42-25(2)3)24-39-26(4)20-35-22-34-27-28(31)32-21-33-29(27)35/h21-22,25-26H,5-20,23-24H2,1-4H3,(H2,31,32,33)/t26-,43?,45?/m1/s1. The summed E-state index contributed by atoms with van der Waals surface area (Å²) in [6, 6.07) is 0. The van der Waals surface area contributed by atoms with E-state index in [2.05, 4.69) is 21.9 Å². The topological polar surface area (TPSA) is 150 Å². The van der Waals surface area contributed by atoms with Crippen LogP contribution in [0.4, 0.5) is 10.6 Å². The van der Waals surface area contributed by atoms with E-state index in [-0.39, 0.29) is 34.3 Å². The molecule has 0 aliphatic carbocycles. The van der Waals surface area contributed by atoms with Crippen molar-refractivity contribution < 1.29 is 32.6 Å². The van der Waals surface area contributed by atoms with Crippen molar-refractivity contribution in [3.63, 3.8) is 0 Å². The first kappa shape index (κ1) is 39.5. The number of carbonyl (C=O) groups excluding carboxylic acids is 1. The molecule has 0 aliphatic rings. The number of rotatable bonds is 26. The van der Waals surface area contributed by atoms with Crippen molar-refractivity contribution in [2.75, 3.05) is 37.0 Å². The van der Waals surface area contributed by atoms with Crippen molar-refractivity contribution in [1.29, 1.82) is 0 Å². The molecule has 0 spiro atoms. The van der Waals surface area contributed by atoms with E-state index >= 15 is 0 Å². The van der Waals surface area contributed by atoms with E-state index in [1.807, 2.05) is 6.92 Å². The largest absolute Gasteiger partial charge is 0.510 e. The van der Waals surface area contributed by atoms with E-state index in [4.69, 9.17) is 40.2 Å². The first-order valence-electron chi connectivity index (χ1n) is 16.2. The number of hydrogen-bond donors (Lipinski definition) is 1. The van der Waals surface area contributed by atoms with Gasteiger partial charge in [0, 0.05) is 5.75 Å². The van der Waals surface area contributed by atoms with E-state index in [1.165, 1.54) is 77.0 Å². The van der Waals surface area contributed by atoms with E-state index < -0.39 is 26.6 Å². The van der Waals surface area contributed by atoms with Gasteiger partial charge in [0.2, 0.25) is 6.79 Å². The number of unbranched alkanes of at least 4 members (excludes halogenated alkanes) is 11. The van der Waals surface area contributed by atoms with Crippen LogP contribution in [0.1, 0.15) is 105 Å². The molecule has 0 bridgehead atoms. The molecule has 0 radical (unpaired) electrons. The van der Waals surface area contributed by atoms with Gasteiger partial charge < -0.3 is 29.0 Å². The number of hydrogen-bond acceptors (Lipinski definition) is 12. The van der Waals surface area contributed by atoms with E-state index in [1.54, 1.807) is 24.7 Å². The van der Waals surface area contributed by atoms with E-state index in [9.17, 15) is 9.36 Å². The van der Waals surface area contributed by atoms with Gasteiger partial charge in [-0.3, -0.25) is 9.09 Å². The fraction of sp³-hybridized carbons (Fsp3) is 0.800. The van der Waals surface area contributed by atoms with Crippen molar-refractivity contribution in [3.8, 4) is 0 Å². The SMILES string of the molecule is CCCCCCCCCCCCCCS(=S)CCOP(=O)(CO[C@H](C)Cn1cnc2c(N)ncnc21)OCOC(=O)OC(C)C. The Balaban J connectivity index is 1.73. The Morgan fingerprint density at radius 2 is 1.60 bits per heavy atom. The molecule has 0 amide bonds. The van der Waals surface area contributed by atoms with Gasteiger partial charge in [-0.15, -0.1) is 9.45 Å². The third kappa shape index (κ3) is 17.1. The van der Waals surface area contributed by atoms with Crippen LogP contribution in [0.2, 0.25) is 0 Å². The lowest BCUT2D eigenvalue weighted by molar-refractivity contribution is -0.0177. The minimum Gasteiger partial charge on any atom is -0.432 e. The summed E-state index contributed by atoms with van der Waals surface area (Å²) < 4.78 is 42.1. The summed E-state index contributed by atoms with van der Waals surface area (Å²) in [5.41, 5.74) is 6.94. The first-order valence-corrected chi connectivity index (χ1v) is 20.4. The Labute approximate surface area is 276 Å². The van der Waals surface area contributed by atoms with Gasteiger partial charge in [-0.05, 0) is 32.9 Å². The normalized spacial score (nSPS) is 14.4. The van der Waals surface area contributed by atoms with Crippen LogP contribution >= 0.6 is 7.60 Å². The number of imidazole rings is 1. The van der Waals surface area contributed by atoms with Crippen LogP contribution in [-0.2, 0) is 55.0 Å². The third-order valence-corrected chi connectivity index (χ3v) is 10.9. The average Bonchev–Trinajstić information content (AvgIpc) is 3.40. The molecule has 2 aromatic heterocycles. The number of nitrogen functional groups attached to an aromatic ring is 1. The highest BCUT2D eigenvalue weighted by atomic mass is 32.8. The molecule has 0 fully saturated rings. The van der Waals surface area contributed by atoms with Crippen LogP contribution in [0.25, 0.3) is 11.2 Å². The van der Waals surface area contributed by atoms with Gasteiger partial charge in [-0.1, -0.05) is 88.7 Å². The Hall–Kier alpha value is -1.70.